The largest absolute Gasteiger partial charge is 0.317 e. The fourth-order valence-electron chi connectivity index (χ4n) is 8.44. The minimum absolute atomic E-state index is 0.00161. The Morgan fingerprint density at radius 1 is 0.404 bits per heavy atom. The third-order valence-electron chi connectivity index (χ3n) is 11.2. The van der Waals surface area contributed by atoms with Gasteiger partial charge < -0.3 is 4.57 Å². The van der Waals surface area contributed by atoms with Crippen molar-refractivity contribution in [1.82, 2.24) is 24.5 Å². The summed E-state index contributed by atoms with van der Waals surface area (Å²) in [5, 5.41) is 7.33. The number of allylic oxidation sites excluding steroid dienone is 4. The molecule has 1 unspecified atom stereocenters. The average Bonchev–Trinajstić information content (AvgIpc) is 3.69. The van der Waals surface area contributed by atoms with E-state index < -0.39 is 0 Å². The van der Waals surface area contributed by atoms with Gasteiger partial charge in [-0.15, -0.1) is 0 Å². The van der Waals surface area contributed by atoms with Crippen molar-refractivity contribution in [1.29, 1.82) is 0 Å². The predicted molar refractivity (Wildman–Crippen MR) is 235 cm³/mol. The first kappa shape index (κ1) is 32.9. The molecule has 1 aliphatic rings. The van der Waals surface area contributed by atoms with Gasteiger partial charge in [0.15, 0.2) is 17.5 Å². The molecule has 0 amide bonds. The van der Waals surface area contributed by atoms with Gasteiger partial charge in [-0.25, -0.2) is 19.9 Å². The fraction of sp³-hybridized carbons (Fsp3) is 0.0385. The van der Waals surface area contributed by atoms with E-state index in [1.807, 2.05) is 12.1 Å². The van der Waals surface area contributed by atoms with Gasteiger partial charge in [0.1, 0.15) is 5.82 Å². The lowest BCUT2D eigenvalue weighted by Gasteiger charge is -2.23. The van der Waals surface area contributed by atoms with E-state index in [2.05, 4.69) is 187 Å². The predicted octanol–water partition coefficient (Wildman–Crippen LogP) is 12.9. The SMILES string of the molecule is C1=CC(n2c(-c3ccccc3)nc3ccccc32)CC(c2nc(-c3ccc(-c4ccccc4)cc3)nc(-c3ccc4c5ccccc5c5ccccc5c4c3)n2)=C1. The molecule has 268 valence electrons. The molecule has 0 bridgehead atoms. The second-order valence-electron chi connectivity index (χ2n) is 14.6. The van der Waals surface area contributed by atoms with Crippen LogP contribution in [0.3, 0.4) is 0 Å². The smallest absolute Gasteiger partial charge is 0.164 e. The molecular weight excluding hydrogens is 695 g/mol. The maximum absolute atomic E-state index is 5.28. The van der Waals surface area contributed by atoms with E-state index in [9.17, 15) is 0 Å². The number of aromatic nitrogens is 5. The maximum Gasteiger partial charge on any atom is 0.164 e. The van der Waals surface area contributed by atoms with Crippen LogP contribution < -0.4 is 0 Å². The highest BCUT2D eigenvalue weighted by Crippen LogP contribution is 2.39. The Balaban J connectivity index is 1.06. The molecule has 0 saturated carbocycles. The van der Waals surface area contributed by atoms with Crippen LogP contribution in [-0.2, 0) is 0 Å². The van der Waals surface area contributed by atoms with Gasteiger partial charge in [0.05, 0.1) is 17.1 Å². The summed E-state index contributed by atoms with van der Waals surface area (Å²) >= 11 is 0. The normalized spacial score (nSPS) is 14.1. The van der Waals surface area contributed by atoms with Gasteiger partial charge in [-0.05, 0) is 67.2 Å². The molecule has 11 rings (SSSR count). The number of imidazole rings is 1. The Morgan fingerprint density at radius 3 is 1.61 bits per heavy atom. The Morgan fingerprint density at radius 2 is 0.912 bits per heavy atom. The monoisotopic (exact) mass is 729 g/mol. The molecule has 0 saturated heterocycles. The van der Waals surface area contributed by atoms with Crippen LogP contribution in [-0.4, -0.2) is 24.5 Å². The molecule has 0 spiro atoms. The summed E-state index contributed by atoms with van der Waals surface area (Å²) in [6, 6.07) is 61.8. The summed E-state index contributed by atoms with van der Waals surface area (Å²) < 4.78 is 2.36. The second kappa shape index (κ2) is 13.7. The highest BCUT2D eigenvalue weighted by molar-refractivity contribution is 6.25. The van der Waals surface area contributed by atoms with Crippen molar-refractivity contribution in [2.45, 2.75) is 12.5 Å². The Hall–Kier alpha value is -7.50. The van der Waals surface area contributed by atoms with Crippen LogP contribution in [0.4, 0.5) is 0 Å². The van der Waals surface area contributed by atoms with Gasteiger partial charge >= 0.3 is 0 Å². The minimum Gasteiger partial charge on any atom is -0.317 e. The third kappa shape index (κ3) is 5.80. The Kier molecular flexibility index (Phi) is 7.88. The first-order chi connectivity index (χ1) is 28.2. The van der Waals surface area contributed by atoms with Crippen LogP contribution in [0.5, 0.6) is 0 Å². The standard InChI is InChI=1S/C52H35N5/c1-3-14-34(15-4-1)35-26-28-36(29-27-35)49-54-50(38-18-13-19-40(32-38)57-48-25-12-11-24-47(48)53-52(57)37-16-5-2-6-17-37)56-51(55-49)39-30-31-45-43-22-8-7-20-41(43)42-21-9-10-23-44(42)46(45)33-39/h1-31,33,40H,32H2. The zero-order valence-corrected chi connectivity index (χ0v) is 31.0. The Labute approximate surface area is 330 Å². The lowest BCUT2D eigenvalue weighted by atomic mass is 9.93. The van der Waals surface area contributed by atoms with Crippen molar-refractivity contribution >= 4 is 48.9 Å². The lowest BCUT2D eigenvalue weighted by Crippen LogP contribution is -2.13. The summed E-state index contributed by atoms with van der Waals surface area (Å²) in [6.07, 6.45) is 7.24. The molecule has 1 atom stereocenters. The van der Waals surface area contributed by atoms with Gasteiger partial charge in [0.25, 0.3) is 0 Å². The molecule has 8 aromatic carbocycles. The van der Waals surface area contributed by atoms with Gasteiger partial charge in [-0.3, -0.25) is 0 Å². The van der Waals surface area contributed by atoms with Crippen molar-refractivity contribution in [3.8, 4) is 45.3 Å². The number of benzene rings is 8. The van der Waals surface area contributed by atoms with E-state index in [4.69, 9.17) is 19.9 Å². The molecule has 0 aliphatic heterocycles. The summed E-state index contributed by atoms with van der Waals surface area (Å²) in [6.45, 7) is 0. The average molecular weight is 730 g/mol. The van der Waals surface area contributed by atoms with Crippen LogP contribution in [0.25, 0.3) is 94.2 Å². The number of fused-ring (bicyclic) bond motifs is 7. The summed E-state index contributed by atoms with van der Waals surface area (Å²) in [7, 11) is 0. The van der Waals surface area contributed by atoms with Crippen LogP contribution in [0.2, 0.25) is 0 Å². The molecule has 57 heavy (non-hydrogen) atoms. The highest BCUT2D eigenvalue weighted by atomic mass is 15.1. The van der Waals surface area contributed by atoms with Crippen LogP contribution >= 0.6 is 0 Å². The van der Waals surface area contributed by atoms with Gasteiger partial charge in [0.2, 0.25) is 0 Å². The van der Waals surface area contributed by atoms with E-state index in [1.165, 1.54) is 37.9 Å². The topological polar surface area (TPSA) is 56.5 Å². The Bertz CT molecular complexity index is 3160. The van der Waals surface area contributed by atoms with Crippen molar-refractivity contribution in [3.63, 3.8) is 0 Å². The number of nitrogens with zero attached hydrogens (tertiary/aromatic N) is 5. The van der Waals surface area contributed by atoms with Gasteiger partial charge in [-0.2, -0.15) is 0 Å². The molecule has 1 aliphatic carbocycles. The first-order valence-corrected chi connectivity index (χ1v) is 19.4. The van der Waals surface area contributed by atoms with Gasteiger partial charge in [0, 0.05) is 23.1 Å². The molecule has 2 aromatic heterocycles. The number of rotatable bonds is 6. The minimum atomic E-state index is 0.00161. The maximum atomic E-state index is 5.28. The molecule has 0 fully saturated rings. The molecular formula is C52H35N5. The van der Waals surface area contributed by atoms with Crippen molar-refractivity contribution < 1.29 is 0 Å². The van der Waals surface area contributed by atoms with Gasteiger partial charge in [-0.1, -0.05) is 176 Å². The third-order valence-corrected chi connectivity index (χ3v) is 11.2. The number of hydrogen-bond acceptors (Lipinski definition) is 4. The molecule has 5 nitrogen and oxygen atoms in total. The van der Waals surface area contributed by atoms with E-state index in [-0.39, 0.29) is 6.04 Å². The molecule has 0 N–H and O–H groups in total. The van der Waals surface area contributed by atoms with Crippen molar-refractivity contribution in [2.24, 2.45) is 0 Å². The zero-order valence-electron chi connectivity index (χ0n) is 31.0. The molecule has 0 radical (unpaired) electrons. The fourth-order valence-corrected chi connectivity index (χ4v) is 8.44. The van der Waals surface area contributed by atoms with Crippen molar-refractivity contribution in [2.75, 3.05) is 0 Å². The zero-order chi connectivity index (χ0) is 37.7. The molecule has 2 heterocycles. The van der Waals surface area contributed by atoms with Crippen LogP contribution in [0.15, 0.2) is 194 Å². The first-order valence-electron chi connectivity index (χ1n) is 19.4. The lowest BCUT2D eigenvalue weighted by molar-refractivity contribution is 0.636. The van der Waals surface area contributed by atoms with Crippen LogP contribution in [0, 0.1) is 0 Å². The van der Waals surface area contributed by atoms with E-state index in [0.717, 1.165) is 44.7 Å². The quantitative estimate of drug-likeness (QED) is 0.160. The number of hydrogen-bond donors (Lipinski definition) is 0. The van der Waals surface area contributed by atoms with Crippen molar-refractivity contribution in [3.05, 3.63) is 200 Å². The highest BCUT2D eigenvalue weighted by Gasteiger charge is 2.24. The second-order valence-corrected chi connectivity index (χ2v) is 14.6. The van der Waals surface area contributed by atoms with E-state index in [1.54, 1.807) is 0 Å². The summed E-state index contributed by atoms with van der Waals surface area (Å²) in [5.74, 6) is 2.90. The summed E-state index contributed by atoms with van der Waals surface area (Å²) in [4.78, 5) is 20.8. The van der Waals surface area contributed by atoms with E-state index >= 15 is 0 Å². The summed E-state index contributed by atoms with van der Waals surface area (Å²) in [5.41, 5.74) is 8.40. The number of para-hydroxylation sites is 2. The molecule has 10 aromatic rings. The molecule has 5 heteroatoms. The van der Waals surface area contributed by atoms with E-state index in [0.29, 0.717) is 23.9 Å². The van der Waals surface area contributed by atoms with Crippen LogP contribution in [0.1, 0.15) is 18.3 Å².